The first-order valence-corrected chi connectivity index (χ1v) is 6.76. The lowest BCUT2D eigenvalue weighted by molar-refractivity contribution is -0.135. The smallest absolute Gasteiger partial charge is 0.314 e. The number of hydrogen-bond acceptors (Lipinski definition) is 5. The Morgan fingerprint density at radius 2 is 2.10 bits per heavy atom. The molecule has 114 valence electrons. The predicted molar refractivity (Wildman–Crippen MR) is 74.2 cm³/mol. The van der Waals surface area contributed by atoms with E-state index in [-0.39, 0.29) is 43.2 Å². The summed E-state index contributed by atoms with van der Waals surface area (Å²) >= 11 is 0. The number of aliphatic hydroxyl groups is 1. The molecule has 0 saturated carbocycles. The van der Waals surface area contributed by atoms with Gasteiger partial charge in [-0.3, -0.25) is 4.79 Å². The van der Waals surface area contributed by atoms with Crippen LogP contribution in [0.25, 0.3) is 0 Å². The Labute approximate surface area is 121 Å². The molecule has 2 amide bonds. The summed E-state index contributed by atoms with van der Waals surface area (Å²) in [4.78, 5) is 22.9. The molecule has 7 heteroatoms. The quantitative estimate of drug-likeness (QED) is 0.466. The third-order valence-electron chi connectivity index (χ3n) is 3.25. The fourth-order valence-electron chi connectivity index (χ4n) is 2.27. The lowest BCUT2D eigenvalue weighted by Gasteiger charge is -2.24. The molecule has 21 heavy (non-hydrogen) atoms. The van der Waals surface area contributed by atoms with Gasteiger partial charge in [-0.1, -0.05) is 6.07 Å². The van der Waals surface area contributed by atoms with Crippen molar-refractivity contribution in [2.24, 2.45) is 0 Å². The van der Waals surface area contributed by atoms with E-state index in [4.69, 9.17) is 9.84 Å². The Bertz CT molecular complexity index is 532. The van der Waals surface area contributed by atoms with Crippen LogP contribution in [0.2, 0.25) is 0 Å². The van der Waals surface area contributed by atoms with E-state index in [1.165, 1.54) is 6.07 Å². The van der Waals surface area contributed by atoms with Gasteiger partial charge in [0.05, 0.1) is 13.0 Å². The van der Waals surface area contributed by atoms with Crippen LogP contribution in [-0.2, 0) is 4.79 Å². The van der Waals surface area contributed by atoms with Crippen LogP contribution in [-0.4, -0.2) is 41.9 Å². The second-order valence-electron chi connectivity index (χ2n) is 4.79. The van der Waals surface area contributed by atoms with Crippen molar-refractivity contribution < 1.29 is 24.5 Å². The number of phenols is 1. The molecule has 0 bridgehead atoms. The first-order valence-electron chi connectivity index (χ1n) is 6.76. The number of hydrogen-bond donors (Lipinski definition) is 4. The summed E-state index contributed by atoms with van der Waals surface area (Å²) in [5, 5.41) is 23.1. The Morgan fingerprint density at radius 3 is 2.86 bits per heavy atom. The number of phenolic OH excluding ortho intramolecular Hbond substituents is 1. The number of aromatic hydroxyl groups is 1. The van der Waals surface area contributed by atoms with Crippen LogP contribution in [0.5, 0.6) is 11.5 Å². The fourth-order valence-corrected chi connectivity index (χ4v) is 2.27. The number of carbonyl (C=O) groups excluding carboxylic acids is 2. The number of benzene rings is 1. The number of fused-ring (bicyclic) bond motifs is 1. The third kappa shape index (κ3) is 4.09. The zero-order chi connectivity index (χ0) is 15.2. The molecule has 1 unspecified atom stereocenters. The maximum atomic E-state index is 11.6. The van der Waals surface area contributed by atoms with Crippen LogP contribution in [0.4, 0.5) is 4.79 Å². The standard InChI is InChI=1S/C14H18N2O5/c17-6-5-16-14(20)15-4-3-9-7-13(19)21-12-8-10(18)1-2-11(9)12/h1-2,8-9,17-18H,3-7H2,(H2,15,16,20). The largest absolute Gasteiger partial charge is 0.508 e. The summed E-state index contributed by atoms with van der Waals surface area (Å²) in [6.07, 6.45) is 0.830. The molecule has 1 aromatic carbocycles. The van der Waals surface area contributed by atoms with Crippen LogP contribution in [0, 0.1) is 0 Å². The summed E-state index contributed by atoms with van der Waals surface area (Å²) in [5.74, 6) is 0.0208. The van der Waals surface area contributed by atoms with Crippen LogP contribution in [0.15, 0.2) is 18.2 Å². The summed E-state index contributed by atoms with van der Waals surface area (Å²) in [6, 6.07) is 4.34. The van der Waals surface area contributed by atoms with Crippen molar-refractivity contribution in [2.75, 3.05) is 19.7 Å². The molecular formula is C14H18N2O5. The summed E-state index contributed by atoms with van der Waals surface area (Å²) in [6.45, 7) is 0.484. The van der Waals surface area contributed by atoms with Crippen LogP contribution < -0.4 is 15.4 Å². The van der Waals surface area contributed by atoms with Crippen LogP contribution in [0.3, 0.4) is 0 Å². The highest BCUT2D eigenvalue weighted by Gasteiger charge is 2.27. The van der Waals surface area contributed by atoms with Gasteiger partial charge in [-0.15, -0.1) is 0 Å². The molecule has 1 aliphatic heterocycles. The van der Waals surface area contributed by atoms with Gasteiger partial charge >= 0.3 is 12.0 Å². The number of carbonyl (C=O) groups is 2. The SMILES string of the molecule is O=C(NCCO)NCCC1CC(=O)Oc2cc(O)ccc21. The van der Waals surface area contributed by atoms with Gasteiger partial charge in [0.2, 0.25) is 0 Å². The number of rotatable bonds is 5. The minimum Gasteiger partial charge on any atom is -0.508 e. The lowest BCUT2D eigenvalue weighted by Crippen LogP contribution is -2.38. The number of urea groups is 1. The van der Waals surface area contributed by atoms with Crippen LogP contribution in [0.1, 0.15) is 24.3 Å². The zero-order valence-corrected chi connectivity index (χ0v) is 11.5. The van der Waals surface area contributed by atoms with Crippen molar-refractivity contribution in [3.8, 4) is 11.5 Å². The average Bonchev–Trinajstić information content (AvgIpc) is 2.44. The zero-order valence-electron chi connectivity index (χ0n) is 11.5. The normalized spacial score (nSPS) is 16.8. The van der Waals surface area contributed by atoms with Crippen molar-refractivity contribution in [3.05, 3.63) is 23.8 Å². The molecular weight excluding hydrogens is 276 g/mol. The Hall–Kier alpha value is -2.28. The first-order chi connectivity index (χ1) is 10.1. The van der Waals surface area contributed by atoms with Gasteiger partial charge in [0.25, 0.3) is 0 Å². The van der Waals surface area contributed by atoms with Crippen molar-refractivity contribution in [3.63, 3.8) is 0 Å². The van der Waals surface area contributed by atoms with Gasteiger partial charge in [0, 0.05) is 19.2 Å². The number of amides is 2. The molecule has 1 atom stereocenters. The third-order valence-corrected chi connectivity index (χ3v) is 3.25. The monoisotopic (exact) mass is 294 g/mol. The van der Waals surface area contributed by atoms with Gasteiger partial charge in [-0.2, -0.15) is 0 Å². The summed E-state index contributed by atoms with van der Waals surface area (Å²) in [7, 11) is 0. The van der Waals surface area contributed by atoms with Gasteiger partial charge in [0.15, 0.2) is 0 Å². The van der Waals surface area contributed by atoms with Gasteiger partial charge < -0.3 is 25.6 Å². The minimum absolute atomic E-state index is 0.0451. The van der Waals surface area contributed by atoms with E-state index in [1.54, 1.807) is 12.1 Å². The van der Waals surface area contributed by atoms with Crippen molar-refractivity contribution in [2.45, 2.75) is 18.8 Å². The average molecular weight is 294 g/mol. The minimum atomic E-state index is -0.353. The molecule has 0 aromatic heterocycles. The molecule has 0 aliphatic carbocycles. The Morgan fingerprint density at radius 1 is 1.33 bits per heavy atom. The van der Waals surface area contributed by atoms with E-state index >= 15 is 0 Å². The van der Waals surface area contributed by atoms with Gasteiger partial charge in [0.1, 0.15) is 11.5 Å². The van der Waals surface area contributed by atoms with Gasteiger partial charge in [-0.25, -0.2) is 4.79 Å². The highest BCUT2D eigenvalue weighted by molar-refractivity contribution is 5.77. The maximum absolute atomic E-state index is 11.6. The molecule has 0 spiro atoms. The molecule has 0 fully saturated rings. The van der Waals surface area contributed by atoms with E-state index in [0.29, 0.717) is 18.7 Å². The summed E-state index contributed by atoms with van der Waals surface area (Å²) in [5.41, 5.74) is 0.852. The lowest BCUT2D eigenvalue weighted by atomic mass is 9.90. The molecule has 1 aliphatic rings. The van der Waals surface area contributed by atoms with Crippen molar-refractivity contribution in [1.82, 2.24) is 10.6 Å². The molecule has 1 aromatic rings. The summed E-state index contributed by atoms with van der Waals surface area (Å²) < 4.78 is 5.10. The van der Waals surface area contributed by atoms with Crippen molar-refractivity contribution in [1.29, 1.82) is 0 Å². The van der Waals surface area contributed by atoms with E-state index in [0.717, 1.165) is 5.56 Å². The molecule has 1 heterocycles. The Kier molecular flexibility index (Phi) is 4.99. The highest BCUT2D eigenvalue weighted by atomic mass is 16.5. The molecule has 4 N–H and O–H groups in total. The van der Waals surface area contributed by atoms with E-state index in [1.807, 2.05) is 0 Å². The second-order valence-corrected chi connectivity index (χ2v) is 4.79. The molecule has 0 radical (unpaired) electrons. The number of esters is 1. The van der Waals surface area contributed by atoms with Crippen LogP contribution >= 0.6 is 0 Å². The molecule has 2 rings (SSSR count). The second kappa shape index (κ2) is 6.94. The van der Waals surface area contributed by atoms with Crippen molar-refractivity contribution >= 4 is 12.0 Å². The number of nitrogens with one attached hydrogen (secondary N) is 2. The molecule has 0 saturated heterocycles. The van der Waals surface area contributed by atoms with E-state index < -0.39 is 0 Å². The van der Waals surface area contributed by atoms with E-state index in [9.17, 15) is 14.7 Å². The van der Waals surface area contributed by atoms with Gasteiger partial charge in [-0.05, 0) is 24.0 Å². The predicted octanol–water partition coefficient (Wildman–Crippen LogP) is 0.467. The fraction of sp³-hybridized carbons (Fsp3) is 0.429. The number of aliphatic hydroxyl groups excluding tert-OH is 1. The molecule has 7 nitrogen and oxygen atoms in total. The highest BCUT2D eigenvalue weighted by Crippen LogP contribution is 2.37. The Balaban J connectivity index is 1.92. The number of ether oxygens (including phenoxy) is 1. The topological polar surface area (TPSA) is 108 Å². The maximum Gasteiger partial charge on any atom is 0.314 e. The van der Waals surface area contributed by atoms with E-state index in [2.05, 4.69) is 10.6 Å². The first kappa shape index (κ1) is 15.1.